The minimum absolute atomic E-state index is 0.0469. The molecular weight excluding hydrogens is 390 g/mol. The summed E-state index contributed by atoms with van der Waals surface area (Å²) in [5, 5.41) is 8.08. The topological polar surface area (TPSA) is 67.5 Å². The van der Waals surface area contributed by atoms with E-state index in [-0.39, 0.29) is 11.9 Å². The van der Waals surface area contributed by atoms with Gasteiger partial charge in [-0.2, -0.15) is 5.10 Å². The SMILES string of the molecule is CCCN1C(=O)c2[nH]nc(-c3ccc(Cl)cc3)c2C1c1ccc(OC)c(OC)c1. The van der Waals surface area contributed by atoms with Crippen molar-refractivity contribution in [3.8, 4) is 22.8 Å². The number of ether oxygens (including phenoxy) is 2. The highest BCUT2D eigenvalue weighted by Crippen LogP contribution is 2.44. The molecule has 1 aliphatic rings. The molecule has 3 aromatic rings. The van der Waals surface area contributed by atoms with Gasteiger partial charge in [0.25, 0.3) is 5.91 Å². The maximum Gasteiger partial charge on any atom is 0.273 e. The number of fused-ring (bicyclic) bond motifs is 1. The number of benzene rings is 2. The van der Waals surface area contributed by atoms with Crippen LogP contribution in [0.25, 0.3) is 11.3 Å². The first-order valence-electron chi connectivity index (χ1n) is 9.46. The summed E-state index contributed by atoms with van der Waals surface area (Å²) in [5.74, 6) is 1.22. The first-order valence-corrected chi connectivity index (χ1v) is 9.83. The normalized spacial score (nSPS) is 15.5. The van der Waals surface area contributed by atoms with Crippen molar-refractivity contribution in [1.29, 1.82) is 0 Å². The van der Waals surface area contributed by atoms with Crippen LogP contribution >= 0.6 is 11.6 Å². The number of methoxy groups -OCH3 is 2. The van der Waals surface area contributed by atoms with Gasteiger partial charge in [-0.1, -0.05) is 36.7 Å². The van der Waals surface area contributed by atoms with Crippen molar-refractivity contribution in [2.45, 2.75) is 19.4 Å². The number of aromatic nitrogens is 2. The van der Waals surface area contributed by atoms with Gasteiger partial charge in [0.2, 0.25) is 0 Å². The van der Waals surface area contributed by atoms with Crippen LogP contribution in [-0.4, -0.2) is 41.8 Å². The molecule has 0 aliphatic carbocycles. The third-order valence-corrected chi connectivity index (χ3v) is 5.42. The summed E-state index contributed by atoms with van der Waals surface area (Å²) in [5.41, 5.74) is 4.01. The molecule has 1 amide bonds. The molecule has 0 fully saturated rings. The first kappa shape index (κ1) is 19.3. The molecule has 7 heteroatoms. The fourth-order valence-corrected chi connectivity index (χ4v) is 3.99. The number of hydrogen-bond donors (Lipinski definition) is 1. The van der Waals surface area contributed by atoms with Gasteiger partial charge in [0.05, 0.1) is 26.0 Å². The molecule has 29 heavy (non-hydrogen) atoms. The number of hydrogen-bond acceptors (Lipinski definition) is 4. The fourth-order valence-electron chi connectivity index (χ4n) is 3.87. The summed E-state index contributed by atoms with van der Waals surface area (Å²) in [6.07, 6.45) is 0.851. The van der Waals surface area contributed by atoms with E-state index < -0.39 is 0 Å². The van der Waals surface area contributed by atoms with Crippen LogP contribution < -0.4 is 9.47 Å². The van der Waals surface area contributed by atoms with Crippen molar-refractivity contribution >= 4 is 17.5 Å². The Morgan fingerprint density at radius 2 is 1.83 bits per heavy atom. The Hall–Kier alpha value is -2.99. The van der Waals surface area contributed by atoms with Gasteiger partial charge in [-0.05, 0) is 36.2 Å². The lowest BCUT2D eigenvalue weighted by Crippen LogP contribution is -2.30. The lowest BCUT2D eigenvalue weighted by molar-refractivity contribution is 0.0743. The molecule has 6 nitrogen and oxygen atoms in total. The zero-order valence-electron chi connectivity index (χ0n) is 16.5. The standard InChI is InChI=1S/C22H22ClN3O3/c1-4-11-26-21(14-7-10-16(28-2)17(12-14)29-3)18-19(24-25-20(18)22(26)27)13-5-8-15(23)9-6-13/h5-10,12,21H,4,11H2,1-3H3,(H,24,25). The third-order valence-electron chi connectivity index (χ3n) is 5.17. The second-order valence-corrected chi connectivity index (χ2v) is 7.32. The number of rotatable bonds is 6. The van der Waals surface area contributed by atoms with Gasteiger partial charge in [0.1, 0.15) is 5.69 Å². The lowest BCUT2D eigenvalue weighted by Gasteiger charge is -2.26. The van der Waals surface area contributed by atoms with Crippen LogP contribution in [0.3, 0.4) is 0 Å². The number of nitrogens with zero attached hydrogens (tertiary/aromatic N) is 2. The summed E-state index contributed by atoms with van der Waals surface area (Å²) in [7, 11) is 3.21. The Balaban J connectivity index is 1.88. The minimum atomic E-state index is -0.262. The predicted molar refractivity (Wildman–Crippen MR) is 112 cm³/mol. The average Bonchev–Trinajstić information content (AvgIpc) is 3.28. The Morgan fingerprint density at radius 1 is 1.10 bits per heavy atom. The van der Waals surface area contributed by atoms with Gasteiger partial charge < -0.3 is 14.4 Å². The Labute approximate surface area is 174 Å². The molecule has 0 radical (unpaired) electrons. The number of aromatic amines is 1. The fraction of sp³-hybridized carbons (Fsp3) is 0.273. The van der Waals surface area contributed by atoms with Gasteiger partial charge >= 0.3 is 0 Å². The van der Waals surface area contributed by atoms with Crippen LogP contribution in [0.4, 0.5) is 0 Å². The first-order chi connectivity index (χ1) is 14.1. The van der Waals surface area contributed by atoms with Crippen LogP contribution in [0.2, 0.25) is 5.02 Å². The number of nitrogens with one attached hydrogen (secondary N) is 1. The highest BCUT2D eigenvalue weighted by Gasteiger charge is 2.42. The number of halogens is 1. The Bertz CT molecular complexity index is 1050. The minimum Gasteiger partial charge on any atom is -0.493 e. The number of carbonyl (C=O) groups is 1. The molecule has 0 saturated carbocycles. The second-order valence-electron chi connectivity index (χ2n) is 6.88. The summed E-state index contributed by atoms with van der Waals surface area (Å²) < 4.78 is 10.9. The van der Waals surface area contributed by atoms with E-state index in [1.165, 1.54) is 0 Å². The molecule has 1 unspecified atom stereocenters. The second kappa shape index (κ2) is 7.79. The van der Waals surface area contributed by atoms with Crippen molar-refractivity contribution in [2.75, 3.05) is 20.8 Å². The van der Waals surface area contributed by atoms with Crippen LogP contribution in [0.5, 0.6) is 11.5 Å². The van der Waals surface area contributed by atoms with Crippen LogP contribution in [0.1, 0.15) is 41.0 Å². The van der Waals surface area contributed by atoms with Crippen molar-refractivity contribution in [3.05, 3.63) is 64.3 Å². The van der Waals surface area contributed by atoms with Crippen LogP contribution in [-0.2, 0) is 0 Å². The highest BCUT2D eigenvalue weighted by atomic mass is 35.5. The number of amides is 1. The third kappa shape index (κ3) is 3.23. The zero-order chi connectivity index (χ0) is 20.5. The van der Waals surface area contributed by atoms with Crippen molar-refractivity contribution in [3.63, 3.8) is 0 Å². The number of H-pyrrole nitrogens is 1. The van der Waals surface area contributed by atoms with E-state index in [9.17, 15) is 4.79 Å². The van der Waals surface area contributed by atoms with Gasteiger partial charge in [0, 0.05) is 22.7 Å². The maximum absolute atomic E-state index is 13.1. The van der Waals surface area contributed by atoms with Gasteiger partial charge in [-0.25, -0.2) is 0 Å². The van der Waals surface area contributed by atoms with E-state index in [4.69, 9.17) is 21.1 Å². The molecular formula is C22H22ClN3O3. The van der Waals surface area contributed by atoms with Crippen molar-refractivity contribution in [1.82, 2.24) is 15.1 Å². The van der Waals surface area contributed by atoms with Crippen LogP contribution in [0, 0.1) is 0 Å². The molecule has 1 aromatic heterocycles. The molecule has 1 aliphatic heterocycles. The summed E-state index contributed by atoms with van der Waals surface area (Å²) >= 11 is 6.05. The largest absolute Gasteiger partial charge is 0.493 e. The quantitative estimate of drug-likeness (QED) is 0.638. The van der Waals surface area contributed by atoms with Crippen molar-refractivity contribution < 1.29 is 14.3 Å². The molecule has 1 N–H and O–H groups in total. The van der Waals surface area contributed by atoms with E-state index >= 15 is 0 Å². The van der Waals surface area contributed by atoms with Gasteiger partial charge in [0.15, 0.2) is 11.5 Å². The lowest BCUT2D eigenvalue weighted by atomic mass is 9.95. The average molecular weight is 412 g/mol. The van der Waals surface area contributed by atoms with E-state index in [0.29, 0.717) is 28.8 Å². The smallest absolute Gasteiger partial charge is 0.273 e. The highest BCUT2D eigenvalue weighted by molar-refractivity contribution is 6.30. The summed E-state index contributed by atoms with van der Waals surface area (Å²) in [6.45, 7) is 2.70. The molecule has 0 spiro atoms. The number of carbonyl (C=O) groups excluding carboxylic acids is 1. The summed E-state index contributed by atoms with van der Waals surface area (Å²) in [6, 6.07) is 13.0. The predicted octanol–water partition coefficient (Wildman–Crippen LogP) is 4.70. The molecule has 4 rings (SSSR count). The molecule has 0 bridgehead atoms. The monoisotopic (exact) mass is 411 g/mol. The molecule has 150 valence electrons. The van der Waals surface area contributed by atoms with Crippen LogP contribution in [0.15, 0.2) is 42.5 Å². The molecule has 2 aromatic carbocycles. The molecule has 2 heterocycles. The zero-order valence-corrected chi connectivity index (χ0v) is 17.3. The Kier molecular flexibility index (Phi) is 5.20. The molecule has 1 atom stereocenters. The van der Waals surface area contributed by atoms with E-state index in [1.807, 2.05) is 47.4 Å². The molecule has 0 saturated heterocycles. The van der Waals surface area contributed by atoms with Gasteiger partial charge in [-0.3, -0.25) is 9.89 Å². The maximum atomic E-state index is 13.1. The van der Waals surface area contributed by atoms with Crippen molar-refractivity contribution in [2.24, 2.45) is 0 Å². The van der Waals surface area contributed by atoms with E-state index in [1.54, 1.807) is 14.2 Å². The van der Waals surface area contributed by atoms with E-state index in [0.717, 1.165) is 28.8 Å². The van der Waals surface area contributed by atoms with E-state index in [2.05, 4.69) is 17.1 Å². The van der Waals surface area contributed by atoms with Gasteiger partial charge in [-0.15, -0.1) is 0 Å². The Morgan fingerprint density at radius 3 is 2.48 bits per heavy atom. The summed E-state index contributed by atoms with van der Waals surface area (Å²) in [4.78, 5) is 15.0.